The molecular formula is C14H10FN3OS. The number of nitrogens with one attached hydrogen (secondary N) is 2. The van der Waals surface area contributed by atoms with E-state index in [0.717, 1.165) is 5.56 Å². The normalized spacial score (nSPS) is 10.4. The predicted molar refractivity (Wildman–Crippen MR) is 76.3 cm³/mol. The highest BCUT2D eigenvalue weighted by Gasteiger charge is 2.10. The third-order valence-corrected chi connectivity index (χ3v) is 3.46. The van der Waals surface area contributed by atoms with Crippen molar-refractivity contribution >= 4 is 22.4 Å². The molecule has 0 saturated carbocycles. The Hall–Kier alpha value is -2.47. The van der Waals surface area contributed by atoms with Gasteiger partial charge in [0.1, 0.15) is 11.5 Å². The van der Waals surface area contributed by atoms with Crippen LogP contribution in [-0.2, 0) is 0 Å². The summed E-state index contributed by atoms with van der Waals surface area (Å²) in [7, 11) is 0. The van der Waals surface area contributed by atoms with E-state index < -0.39 is 0 Å². The summed E-state index contributed by atoms with van der Waals surface area (Å²) in [6.07, 6.45) is 1.68. The molecule has 4 nitrogen and oxygen atoms in total. The fourth-order valence-electron chi connectivity index (χ4n) is 1.72. The zero-order valence-corrected chi connectivity index (χ0v) is 11.1. The van der Waals surface area contributed by atoms with Crippen LogP contribution in [0.5, 0.6) is 0 Å². The molecule has 0 spiro atoms. The molecule has 0 atom stereocenters. The van der Waals surface area contributed by atoms with Crippen LogP contribution in [0.25, 0.3) is 11.3 Å². The molecule has 0 bridgehead atoms. The molecule has 1 aromatic carbocycles. The number of thiazole rings is 1. The highest BCUT2D eigenvalue weighted by molar-refractivity contribution is 7.14. The topological polar surface area (TPSA) is 57.8 Å². The van der Waals surface area contributed by atoms with Gasteiger partial charge in [-0.05, 0) is 36.4 Å². The Bertz CT molecular complexity index is 719. The Kier molecular flexibility index (Phi) is 3.30. The maximum Gasteiger partial charge on any atom is 0.273 e. The molecule has 2 N–H and O–H groups in total. The summed E-state index contributed by atoms with van der Waals surface area (Å²) < 4.78 is 12.9. The van der Waals surface area contributed by atoms with Crippen LogP contribution in [-0.4, -0.2) is 15.9 Å². The van der Waals surface area contributed by atoms with E-state index in [1.54, 1.807) is 30.5 Å². The van der Waals surface area contributed by atoms with E-state index in [9.17, 15) is 9.18 Å². The van der Waals surface area contributed by atoms with Crippen molar-refractivity contribution in [3.63, 3.8) is 0 Å². The Labute approximate surface area is 118 Å². The molecule has 1 amide bonds. The Balaban J connectivity index is 1.77. The number of rotatable bonds is 3. The third-order valence-electron chi connectivity index (χ3n) is 2.71. The zero-order chi connectivity index (χ0) is 13.9. The molecule has 0 saturated heterocycles. The van der Waals surface area contributed by atoms with Crippen molar-refractivity contribution in [3.05, 3.63) is 59.5 Å². The number of hydrogen-bond donors (Lipinski definition) is 2. The average Bonchev–Trinajstić information content (AvgIpc) is 3.10. The maximum absolute atomic E-state index is 12.9. The van der Waals surface area contributed by atoms with E-state index in [-0.39, 0.29) is 11.7 Å². The number of benzene rings is 1. The van der Waals surface area contributed by atoms with Crippen molar-refractivity contribution in [2.24, 2.45) is 0 Å². The molecular weight excluding hydrogens is 277 g/mol. The number of aromatic nitrogens is 2. The van der Waals surface area contributed by atoms with Crippen LogP contribution in [0.1, 0.15) is 10.5 Å². The number of amides is 1. The van der Waals surface area contributed by atoms with Crippen LogP contribution in [0.4, 0.5) is 9.52 Å². The number of carbonyl (C=O) groups is 1. The van der Waals surface area contributed by atoms with Gasteiger partial charge < -0.3 is 4.98 Å². The lowest BCUT2D eigenvalue weighted by Gasteiger charge is -1.99. The van der Waals surface area contributed by atoms with E-state index in [4.69, 9.17) is 0 Å². The van der Waals surface area contributed by atoms with Crippen molar-refractivity contribution in [1.82, 2.24) is 9.97 Å². The van der Waals surface area contributed by atoms with Gasteiger partial charge in [-0.25, -0.2) is 9.37 Å². The zero-order valence-electron chi connectivity index (χ0n) is 10.3. The molecule has 0 radical (unpaired) electrons. The van der Waals surface area contributed by atoms with E-state index in [2.05, 4.69) is 15.3 Å². The van der Waals surface area contributed by atoms with Gasteiger partial charge >= 0.3 is 0 Å². The summed E-state index contributed by atoms with van der Waals surface area (Å²) in [4.78, 5) is 19.0. The van der Waals surface area contributed by atoms with Gasteiger partial charge in [0.05, 0.1) is 5.69 Å². The van der Waals surface area contributed by atoms with Crippen molar-refractivity contribution < 1.29 is 9.18 Å². The molecule has 0 aliphatic carbocycles. The minimum absolute atomic E-state index is 0.241. The Morgan fingerprint density at radius 2 is 2.05 bits per heavy atom. The first kappa shape index (κ1) is 12.6. The SMILES string of the molecule is O=C(Nc1nc(-c2ccc(F)cc2)cs1)c1ccc[nH]1. The van der Waals surface area contributed by atoms with E-state index >= 15 is 0 Å². The summed E-state index contributed by atoms with van der Waals surface area (Å²) in [6.45, 7) is 0. The summed E-state index contributed by atoms with van der Waals surface area (Å²) in [5.41, 5.74) is 1.99. The van der Waals surface area contributed by atoms with Gasteiger partial charge in [-0.3, -0.25) is 10.1 Å². The number of carbonyl (C=O) groups excluding carboxylic acids is 1. The van der Waals surface area contributed by atoms with Crippen molar-refractivity contribution in [2.45, 2.75) is 0 Å². The number of anilines is 1. The highest BCUT2D eigenvalue weighted by atomic mass is 32.1. The minimum atomic E-state index is -0.288. The van der Waals surface area contributed by atoms with Crippen molar-refractivity contribution in [3.8, 4) is 11.3 Å². The molecule has 0 aliphatic heterocycles. The Morgan fingerprint density at radius 1 is 1.25 bits per heavy atom. The largest absolute Gasteiger partial charge is 0.357 e. The van der Waals surface area contributed by atoms with E-state index in [0.29, 0.717) is 16.5 Å². The molecule has 3 rings (SSSR count). The van der Waals surface area contributed by atoms with Gasteiger partial charge in [0.25, 0.3) is 5.91 Å². The summed E-state index contributed by atoms with van der Waals surface area (Å²) in [6, 6.07) is 9.50. The molecule has 3 aromatic rings. The molecule has 0 unspecified atom stereocenters. The van der Waals surface area contributed by atoms with Gasteiger partial charge in [0, 0.05) is 17.1 Å². The second-order valence-corrected chi connectivity index (χ2v) is 4.94. The lowest BCUT2D eigenvalue weighted by atomic mass is 10.2. The highest BCUT2D eigenvalue weighted by Crippen LogP contribution is 2.25. The number of H-pyrrole nitrogens is 1. The standard InChI is InChI=1S/C14H10FN3OS/c15-10-5-3-9(4-6-10)12-8-20-14(17-12)18-13(19)11-2-1-7-16-11/h1-8,16H,(H,17,18,19). The van der Waals surface area contributed by atoms with E-state index in [1.165, 1.54) is 23.5 Å². The molecule has 2 aromatic heterocycles. The van der Waals surface area contributed by atoms with Gasteiger partial charge in [-0.15, -0.1) is 11.3 Å². The summed E-state index contributed by atoms with van der Waals surface area (Å²) in [5, 5.41) is 5.03. The van der Waals surface area contributed by atoms with Crippen LogP contribution in [0.3, 0.4) is 0 Å². The smallest absolute Gasteiger partial charge is 0.273 e. The fourth-order valence-corrected chi connectivity index (χ4v) is 2.44. The summed E-state index contributed by atoms with van der Waals surface area (Å²) >= 11 is 1.32. The maximum atomic E-state index is 12.9. The van der Waals surface area contributed by atoms with Gasteiger partial charge in [-0.2, -0.15) is 0 Å². The van der Waals surface area contributed by atoms with Crippen LogP contribution in [0.15, 0.2) is 48.0 Å². The van der Waals surface area contributed by atoms with Crippen LogP contribution in [0, 0.1) is 5.82 Å². The first-order valence-corrected chi connectivity index (χ1v) is 6.76. The second-order valence-electron chi connectivity index (χ2n) is 4.08. The van der Waals surface area contributed by atoms with Crippen LogP contribution >= 0.6 is 11.3 Å². The minimum Gasteiger partial charge on any atom is -0.357 e. The summed E-state index contributed by atoms with van der Waals surface area (Å²) in [5.74, 6) is -0.528. The van der Waals surface area contributed by atoms with Gasteiger partial charge in [-0.1, -0.05) is 0 Å². The average molecular weight is 287 g/mol. The number of halogens is 1. The third kappa shape index (κ3) is 2.60. The predicted octanol–water partition coefficient (Wildman–Crippen LogP) is 3.53. The van der Waals surface area contributed by atoms with Crippen molar-refractivity contribution in [1.29, 1.82) is 0 Å². The molecule has 100 valence electrons. The van der Waals surface area contributed by atoms with Crippen LogP contribution < -0.4 is 5.32 Å². The van der Waals surface area contributed by atoms with Crippen molar-refractivity contribution in [2.75, 3.05) is 5.32 Å². The van der Waals surface area contributed by atoms with Gasteiger partial charge in [0.2, 0.25) is 0 Å². The number of nitrogens with zero attached hydrogens (tertiary/aromatic N) is 1. The quantitative estimate of drug-likeness (QED) is 0.774. The number of aromatic amines is 1. The molecule has 6 heteroatoms. The molecule has 0 aliphatic rings. The fraction of sp³-hybridized carbons (Fsp3) is 0. The second kappa shape index (κ2) is 5.26. The lowest BCUT2D eigenvalue weighted by Crippen LogP contribution is -2.11. The molecule has 20 heavy (non-hydrogen) atoms. The molecule has 0 fully saturated rings. The monoisotopic (exact) mass is 287 g/mol. The van der Waals surface area contributed by atoms with Crippen LogP contribution in [0.2, 0.25) is 0 Å². The molecule has 2 heterocycles. The number of hydrogen-bond acceptors (Lipinski definition) is 3. The Morgan fingerprint density at radius 3 is 2.75 bits per heavy atom. The van der Waals surface area contributed by atoms with E-state index in [1.807, 2.05) is 5.38 Å². The lowest BCUT2D eigenvalue weighted by molar-refractivity contribution is 0.102. The first-order chi connectivity index (χ1) is 9.72. The first-order valence-electron chi connectivity index (χ1n) is 5.88. The van der Waals surface area contributed by atoms with Gasteiger partial charge in [0.15, 0.2) is 5.13 Å².